The van der Waals surface area contributed by atoms with Gasteiger partial charge in [-0.05, 0) is 49.4 Å². The van der Waals surface area contributed by atoms with Gasteiger partial charge >= 0.3 is 18.0 Å². The lowest BCUT2D eigenvalue weighted by atomic mass is 9.87. The Kier molecular flexibility index (Phi) is 8.63. The van der Waals surface area contributed by atoms with E-state index in [1.165, 1.54) is 4.90 Å². The van der Waals surface area contributed by atoms with Crippen LogP contribution in [0, 0.1) is 0 Å². The van der Waals surface area contributed by atoms with Gasteiger partial charge in [0, 0.05) is 5.54 Å². The largest absolute Gasteiger partial charge is 0.459 e. The molecule has 2 rings (SSSR count). The molecule has 0 heterocycles. The summed E-state index contributed by atoms with van der Waals surface area (Å²) in [6.45, 7) is 10.8. The Morgan fingerprint density at radius 3 is 1.94 bits per heavy atom. The van der Waals surface area contributed by atoms with Gasteiger partial charge in [0.25, 0.3) is 0 Å². The normalized spacial score (nSPS) is 11.5. The molecule has 2 aromatic carbocycles. The quantitative estimate of drug-likeness (QED) is 0.428. The van der Waals surface area contributed by atoms with Crippen molar-refractivity contribution in [2.24, 2.45) is 0 Å². The van der Waals surface area contributed by atoms with E-state index in [-0.39, 0.29) is 18.6 Å². The zero-order valence-electron chi connectivity index (χ0n) is 20.2. The molecule has 178 valence electrons. The van der Waals surface area contributed by atoms with Crippen LogP contribution in [0.1, 0.15) is 63.0 Å². The molecule has 0 saturated heterocycles. The summed E-state index contributed by atoms with van der Waals surface area (Å²) in [5.41, 5.74) is 1.55. The number of hydrogen-bond acceptors (Lipinski definition) is 6. The van der Waals surface area contributed by atoms with E-state index in [0.717, 1.165) is 11.1 Å². The Bertz CT molecular complexity index is 939. The van der Waals surface area contributed by atoms with Crippen molar-refractivity contribution in [1.82, 2.24) is 4.90 Å². The first kappa shape index (κ1) is 25.9. The molecule has 0 aromatic heterocycles. The maximum absolute atomic E-state index is 12.6. The van der Waals surface area contributed by atoms with Gasteiger partial charge in [0.1, 0.15) is 13.2 Å². The second kappa shape index (κ2) is 11.0. The number of rotatable bonds is 7. The third-order valence-corrected chi connectivity index (χ3v) is 4.92. The summed E-state index contributed by atoms with van der Waals surface area (Å²) in [4.78, 5) is 38.3. The first-order valence-corrected chi connectivity index (χ1v) is 10.8. The molecule has 0 fully saturated rings. The number of carbonyl (C=O) groups is 3. The van der Waals surface area contributed by atoms with Crippen LogP contribution in [0.15, 0.2) is 54.6 Å². The van der Waals surface area contributed by atoms with Crippen molar-refractivity contribution < 1.29 is 28.6 Å². The van der Waals surface area contributed by atoms with E-state index in [1.54, 1.807) is 32.9 Å². The standard InChI is InChI=1S/C26H33NO6/c1-25(2,3)21-14-12-20(13-15-21)23(29)32-18-33-24(30)27(26(4,5)6)16-22(28)31-17-19-10-8-7-9-11-19/h7-15H,16-18H2,1-6H3. The minimum absolute atomic E-state index is 0.0311. The molecule has 0 saturated carbocycles. The maximum atomic E-state index is 12.6. The number of ether oxygens (including phenoxy) is 3. The summed E-state index contributed by atoms with van der Waals surface area (Å²) in [6.07, 6.45) is -0.782. The van der Waals surface area contributed by atoms with Gasteiger partial charge in [-0.25, -0.2) is 9.59 Å². The van der Waals surface area contributed by atoms with Crippen LogP contribution in [0.4, 0.5) is 4.79 Å². The molecule has 2 aromatic rings. The highest BCUT2D eigenvalue weighted by Gasteiger charge is 2.30. The Morgan fingerprint density at radius 2 is 1.39 bits per heavy atom. The molecule has 1 amide bonds. The van der Waals surface area contributed by atoms with Crippen LogP contribution in [0.25, 0.3) is 0 Å². The Labute approximate surface area is 195 Å². The van der Waals surface area contributed by atoms with Gasteiger partial charge in [-0.15, -0.1) is 0 Å². The molecular weight excluding hydrogens is 422 g/mol. The molecule has 0 atom stereocenters. The molecule has 0 radical (unpaired) electrons. The van der Waals surface area contributed by atoms with Crippen molar-refractivity contribution >= 4 is 18.0 Å². The lowest BCUT2D eigenvalue weighted by Gasteiger charge is -2.33. The number of benzene rings is 2. The van der Waals surface area contributed by atoms with E-state index in [9.17, 15) is 14.4 Å². The van der Waals surface area contributed by atoms with Gasteiger partial charge in [0.2, 0.25) is 6.79 Å². The fourth-order valence-electron chi connectivity index (χ4n) is 2.89. The van der Waals surface area contributed by atoms with Crippen LogP contribution >= 0.6 is 0 Å². The van der Waals surface area contributed by atoms with Gasteiger partial charge in [-0.3, -0.25) is 9.69 Å². The Balaban J connectivity index is 1.87. The highest BCUT2D eigenvalue weighted by molar-refractivity contribution is 5.89. The van der Waals surface area contributed by atoms with Gasteiger partial charge in [-0.2, -0.15) is 0 Å². The molecule has 0 aliphatic heterocycles. The van der Waals surface area contributed by atoms with Crippen molar-refractivity contribution in [2.45, 2.75) is 59.1 Å². The van der Waals surface area contributed by atoms with E-state index in [0.29, 0.717) is 5.56 Å². The number of carbonyl (C=O) groups excluding carboxylic acids is 3. The zero-order chi connectivity index (χ0) is 24.6. The van der Waals surface area contributed by atoms with Crippen LogP contribution in [0.5, 0.6) is 0 Å². The second-order valence-corrected chi connectivity index (χ2v) is 9.69. The minimum atomic E-state index is -0.782. The molecule has 7 heteroatoms. The number of esters is 2. The van der Waals surface area contributed by atoms with E-state index in [4.69, 9.17) is 14.2 Å². The van der Waals surface area contributed by atoms with Crippen LogP contribution in [0.2, 0.25) is 0 Å². The summed E-state index contributed by atoms with van der Waals surface area (Å²) in [5, 5.41) is 0. The molecule has 0 N–H and O–H groups in total. The summed E-state index contributed by atoms with van der Waals surface area (Å²) >= 11 is 0. The fourth-order valence-corrected chi connectivity index (χ4v) is 2.89. The lowest BCUT2D eigenvalue weighted by molar-refractivity contribution is -0.147. The highest BCUT2D eigenvalue weighted by Crippen LogP contribution is 2.22. The molecule has 0 aliphatic carbocycles. The number of nitrogens with zero attached hydrogens (tertiary/aromatic N) is 1. The first-order chi connectivity index (χ1) is 15.4. The van der Waals surface area contributed by atoms with Crippen molar-refractivity contribution in [3.05, 3.63) is 71.3 Å². The summed E-state index contributed by atoms with van der Waals surface area (Å²) < 4.78 is 15.4. The average molecular weight is 456 g/mol. The lowest BCUT2D eigenvalue weighted by Crippen LogP contribution is -2.49. The molecule has 33 heavy (non-hydrogen) atoms. The third kappa shape index (κ3) is 8.25. The van der Waals surface area contributed by atoms with Crippen LogP contribution in [-0.4, -0.2) is 41.8 Å². The van der Waals surface area contributed by atoms with Crippen molar-refractivity contribution in [3.63, 3.8) is 0 Å². The van der Waals surface area contributed by atoms with Gasteiger partial charge in [0.05, 0.1) is 5.56 Å². The Morgan fingerprint density at radius 1 is 0.788 bits per heavy atom. The van der Waals surface area contributed by atoms with Gasteiger partial charge in [0.15, 0.2) is 0 Å². The monoisotopic (exact) mass is 455 g/mol. The van der Waals surface area contributed by atoms with Crippen LogP contribution in [0.3, 0.4) is 0 Å². The predicted molar refractivity (Wildman–Crippen MR) is 125 cm³/mol. The van der Waals surface area contributed by atoms with Crippen molar-refractivity contribution in [3.8, 4) is 0 Å². The SMILES string of the molecule is CC(C)(C)c1ccc(C(=O)OCOC(=O)N(CC(=O)OCc2ccccc2)C(C)(C)C)cc1. The molecule has 0 unspecified atom stereocenters. The zero-order valence-corrected chi connectivity index (χ0v) is 20.2. The Hall–Kier alpha value is -3.35. The maximum Gasteiger partial charge on any atom is 0.413 e. The second-order valence-electron chi connectivity index (χ2n) is 9.69. The average Bonchev–Trinajstić information content (AvgIpc) is 2.75. The number of amides is 1. The molecule has 0 bridgehead atoms. The molecular formula is C26H33NO6. The van der Waals surface area contributed by atoms with Gasteiger partial charge < -0.3 is 14.2 Å². The summed E-state index contributed by atoms with van der Waals surface area (Å²) in [5.74, 6) is -1.17. The van der Waals surface area contributed by atoms with E-state index in [1.807, 2.05) is 42.5 Å². The summed E-state index contributed by atoms with van der Waals surface area (Å²) in [6, 6.07) is 16.3. The summed E-state index contributed by atoms with van der Waals surface area (Å²) in [7, 11) is 0. The topological polar surface area (TPSA) is 82.1 Å². The third-order valence-electron chi connectivity index (χ3n) is 4.92. The van der Waals surface area contributed by atoms with Gasteiger partial charge in [-0.1, -0.05) is 63.2 Å². The number of hydrogen-bond donors (Lipinski definition) is 0. The van der Waals surface area contributed by atoms with E-state index in [2.05, 4.69) is 20.8 Å². The highest BCUT2D eigenvalue weighted by atomic mass is 16.7. The predicted octanol–water partition coefficient (Wildman–Crippen LogP) is 5.08. The van der Waals surface area contributed by atoms with E-state index >= 15 is 0 Å². The first-order valence-electron chi connectivity index (χ1n) is 10.8. The van der Waals surface area contributed by atoms with Crippen LogP contribution < -0.4 is 0 Å². The molecule has 0 aliphatic rings. The van der Waals surface area contributed by atoms with E-state index < -0.39 is 30.4 Å². The van der Waals surface area contributed by atoms with Crippen LogP contribution in [-0.2, 0) is 31.0 Å². The van der Waals surface area contributed by atoms with Crippen molar-refractivity contribution in [1.29, 1.82) is 0 Å². The fraction of sp³-hybridized carbons (Fsp3) is 0.423. The molecule has 0 spiro atoms. The minimum Gasteiger partial charge on any atom is -0.459 e. The smallest absolute Gasteiger partial charge is 0.413 e. The molecule has 7 nitrogen and oxygen atoms in total. The van der Waals surface area contributed by atoms with Crippen molar-refractivity contribution in [2.75, 3.05) is 13.3 Å².